The number of nitrogens with zero attached hydrogens (tertiary/aromatic N) is 3. The Hall–Kier alpha value is -3.02. The van der Waals surface area contributed by atoms with Gasteiger partial charge in [0, 0.05) is 12.1 Å². The summed E-state index contributed by atoms with van der Waals surface area (Å²) < 4.78 is 16.6. The number of anilines is 1. The second-order valence-electron chi connectivity index (χ2n) is 6.46. The summed E-state index contributed by atoms with van der Waals surface area (Å²) in [6, 6.07) is 13.9. The van der Waals surface area contributed by atoms with Crippen LogP contribution in [-0.4, -0.2) is 30.4 Å². The SMILES string of the molecule is CCOc1ccc(-c2noc(CN3CCCc4cccc(OC)c43)n2)cc1. The van der Waals surface area contributed by atoms with Crippen molar-refractivity contribution in [3.8, 4) is 22.9 Å². The molecule has 0 fully saturated rings. The van der Waals surface area contributed by atoms with Gasteiger partial charge in [0.25, 0.3) is 0 Å². The molecular formula is C21H23N3O3. The number of aryl methyl sites for hydroxylation is 1. The number of ether oxygens (including phenoxy) is 2. The zero-order valence-corrected chi connectivity index (χ0v) is 15.6. The van der Waals surface area contributed by atoms with Crippen molar-refractivity contribution >= 4 is 5.69 Å². The molecule has 0 atom stereocenters. The van der Waals surface area contributed by atoms with Crippen LogP contribution in [0.1, 0.15) is 24.8 Å². The number of benzene rings is 2. The summed E-state index contributed by atoms with van der Waals surface area (Å²) in [6.45, 7) is 4.12. The average Bonchev–Trinajstić information content (AvgIpc) is 3.17. The van der Waals surface area contributed by atoms with Gasteiger partial charge in [0.1, 0.15) is 11.5 Å². The standard InChI is InChI=1S/C21H23N3O3/c1-3-26-17-11-9-16(10-12-17)21-22-19(27-23-21)14-24-13-5-7-15-6-4-8-18(25-2)20(15)24/h4,6,8-12H,3,5,7,13-14H2,1-2H3. The van der Waals surface area contributed by atoms with E-state index in [0.717, 1.165) is 42.1 Å². The Morgan fingerprint density at radius 1 is 1.15 bits per heavy atom. The predicted molar refractivity (Wildman–Crippen MR) is 103 cm³/mol. The fraction of sp³-hybridized carbons (Fsp3) is 0.333. The highest BCUT2D eigenvalue weighted by Gasteiger charge is 2.23. The number of methoxy groups -OCH3 is 1. The van der Waals surface area contributed by atoms with Crippen molar-refractivity contribution in [1.29, 1.82) is 0 Å². The highest BCUT2D eigenvalue weighted by atomic mass is 16.5. The van der Waals surface area contributed by atoms with Crippen LogP contribution in [0.15, 0.2) is 47.0 Å². The third-order valence-electron chi connectivity index (χ3n) is 4.71. The van der Waals surface area contributed by atoms with Crippen LogP contribution in [0.25, 0.3) is 11.4 Å². The maximum atomic E-state index is 5.57. The molecular weight excluding hydrogens is 342 g/mol. The van der Waals surface area contributed by atoms with Gasteiger partial charge in [-0.3, -0.25) is 0 Å². The topological polar surface area (TPSA) is 60.6 Å². The van der Waals surface area contributed by atoms with Crippen molar-refractivity contribution in [2.75, 3.05) is 25.2 Å². The lowest BCUT2D eigenvalue weighted by atomic mass is 10.0. The lowest BCUT2D eigenvalue weighted by Gasteiger charge is -2.31. The van der Waals surface area contributed by atoms with Gasteiger partial charge in [-0.1, -0.05) is 17.3 Å². The molecule has 2 heterocycles. The summed E-state index contributed by atoms with van der Waals surface area (Å²) in [7, 11) is 1.71. The summed E-state index contributed by atoms with van der Waals surface area (Å²) in [5.74, 6) is 2.91. The van der Waals surface area contributed by atoms with Crippen LogP contribution >= 0.6 is 0 Å². The van der Waals surface area contributed by atoms with Crippen LogP contribution in [0.2, 0.25) is 0 Å². The molecule has 0 radical (unpaired) electrons. The van der Waals surface area contributed by atoms with Crippen LogP contribution in [0.3, 0.4) is 0 Å². The molecule has 6 heteroatoms. The fourth-order valence-corrected chi connectivity index (χ4v) is 3.49. The first kappa shape index (κ1) is 17.4. The molecule has 0 amide bonds. The first-order valence-corrected chi connectivity index (χ1v) is 9.25. The highest BCUT2D eigenvalue weighted by Crippen LogP contribution is 2.36. The monoisotopic (exact) mass is 365 g/mol. The molecule has 27 heavy (non-hydrogen) atoms. The van der Waals surface area contributed by atoms with Crippen molar-refractivity contribution in [1.82, 2.24) is 10.1 Å². The van der Waals surface area contributed by atoms with Crippen LogP contribution in [0, 0.1) is 0 Å². The maximum Gasteiger partial charge on any atom is 0.246 e. The van der Waals surface area contributed by atoms with Gasteiger partial charge in [0.2, 0.25) is 11.7 Å². The average molecular weight is 365 g/mol. The van der Waals surface area contributed by atoms with Crippen LogP contribution in [0.5, 0.6) is 11.5 Å². The third-order valence-corrected chi connectivity index (χ3v) is 4.71. The Bertz CT molecular complexity index is 891. The van der Waals surface area contributed by atoms with E-state index in [-0.39, 0.29) is 0 Å². The molecule has 1 aliphatic rings. The molecule has 0 spiro atoms. The van der Waals surface area contributed by atoms with E-state index in [9.17, 15) is 0 Å². The molecule has 1 aliphatic heterocycles. The van der Waals surface area contributed by atoms with E-state index in [1.54, 1.807) is 7.11 Å². The predicted octanol–water partition coefficient (Wildman–Crippen LogP) is 4.10. The molecule has 4 rings (SSSR count). The second kappa shape index (κ2) is 7.70. The Morgan fingerprint density at radius 2 is 2.00 bits per heavy atom. The minimum atomic E-state index is 0.567. The molecule has 0 saturated heterocycles. The van der Waals surface area contributed by atoms with Gasteiger partial charge in [-0.05, 0) is 55.7 Å². The van der Waals surface area contributed by atoms with Crippen LogP contribution < -0.4 is 14.4 Å². The Kier molecular flexibility index (Phi) is 4.96. The maximum absolute atomic E-state index is 5.57. The van der Waals surface area contributed by atoms with E-state index in [1.165, 1.54) is 5.56 Å². The minimum Gasteiger partial charge on any atom is -0.495 e. The summed E-state index contributed by atoms with van der Waals surface area (Å²) in [5.41, 5.74) is 3.34. The molecule has 0 saturated carbocycles. The molecule has 0 N–H and O–H groups in total. The number of aromatic nitrogens is 2. The van der Waals surface area contributed by atoms with E-state index >= 15 is 0 Å². The van der Waals surface area contributed by atoms with Gasteiger partial charge in [-0.25, -0.2) is 0 Å². The summed E-state index contributed by atoms with van der Waals surface area (Å²) in [4.78, 5) is 6.83. The van der Waals surface area contributed by atoms with Crippen molar-refractivity contribution < 1.29 is 14.0 Å². The molecule has 0 unspecified atom stereocenters. The van der Waals surface area contributed by atoms with Crippen molar-refractivity contribution in [2.45, 2.75) is 26.3 Å². The number of fused-ring (bicyclic) bond motifs is 1. The van der Waals surface area contributed by atoms with E-state index in [4.69, 9.17) is 14.0 Å². The molecule has 140 valence electrons. The first-order chi connectivity index (χ1) is 13.3. The molecule has 0 bridgehead atoms. The molecule has 0 aliphatic carbocycles. The van der Waals surface area contributed by atoms with Gasteiger partial charge in [-0.15, -0.1) is 0 Å². The fourth-order valence-electron chi connectivity index (χ4n) is 3.49. The Balaban J connectivity index is 1.54. The highest BCUT2D eigenvalue weighted by molar-refractivity contribution is 5.65. The van der Waals surface area contributed by atoms with E-state index < -0.39 is 0 Å². The smallest absolute Gasteiger partial charge is 0.246 e. The number of rotatable bonds is 6. The zero-order chi connectivity index (χ0) is 18.6. The second-order valence-corrected chi connectivity index (χ2v) is 6.46. The lowest BCUT2D eigenvalue weighted by molar-refractivity contribution is 0.340. The Labute approximate surface area is 158 Å². The zero-order valence-electron chi connectivity index (χ0n) is 15.6. The normalized spacial score (nSPS) is 13.3. The minimum absolute atomic E-state index is 0.567. The van der Waals surface area contributed by atoms with Crippen LogP contribution in [0.4, 0.5) is 5.69 Å². The van der Waals surface area contributed by atoms with Crippen molar-refractivity contribution in [3.63, 3.8) is 0 Å². The van der Waals surface area contributed by atoms with Gasteiger partial charge < -0.3 is 18.9 Å². The summed E-state index contributed by atoms with van der Waals surface area (Å²) in [6.07, 6.45) is 2.16. The molecule has 2 aromatic carbocycles. The summed E-state index contributed by atoms with van der Waals surface area (Å²) >= 11 is 0. The van der Waals surface area contributed by atoms with Gasteiger partial charge in [0.05, 0.1) is 25.9 Å². The lowest BCUT2D eigenvalue weighted by Crippen LogP contribution is -2.29. The van der Waals surface area contributed by atoms with Crippen molar-refractivity contribution in [2.24, 2.45) is 0 Å². The third kappa shape index (κ3) is 3.60. The number of hydrogen-bond acceptors (Lipinski definition) is 6. The van der Waals surface area contributed by atoms with Gasteiger partial charge in [-0.2, -0.15) is 4.98 Å². The molecule has 3 aromatic rings. The number of hydrogen-bond donors (Lipinski definition) is 0. The first-order valence-electron chi connectivity index (χ1n) is 9.25. The molecule has 6 nitrogen and oxygen atoms in total. The summed E-state index contributed by atoms with van der Waals surface area (Å²) in [5, 5.41) is 4.14. The van der Waals surface area contributed by atoms with E-state index in [2.05, 4.69) is 21.1 Å². The number of para-hydroxylation sites is 1. The van der Waals surface area contributed by atoms with Gasteiger partial charge >= 0.3 is 0 Å². The largest absolute Gasteiger partial charge is 0.495 e. The van der Waals surface area contributed by atoms with Crippen molar-refractivity contribution in [3.05, 3.63) is 53.9 Å². The quantitative estimate of drug-likeness (QED) is 0.655. The Morgan fingerprint density at radius 3 is 2.78 bits per heavy atom. The van der Waals surface area contributed by atoms with Crippen LogP contribution in [-0.2, 0) is 13.0 Å². The van der Waals surface area contributed by atoms with E-state index in [1.807, 2.05) is 43.3 Å². The molecule has 1 aromatic heterocycles. The van der Waals surface area contributed by atoms with Gasteiger partial charge in [0.15, 0.2) is 0 Å². The van der Waals surface area contributed by atoms with E-state index in [0.29, 0.717) is 24.9 Å².